The van der Waals surface area contributed by atoms with Crippen molar-refractivity contribution >= 4 is 74.1 Å². The number of aliphatic imine (C=N–C) groups is 1. The summed E-state index contributed by atoms with van der Waals surface area (Å²) in [6, 6.07) is 13.8. The zero-order valence-electron chi connectivity index (χ0n) is 37.2. The fraction of sp³-hybridized carbons (Fsp3) is 0.413. The molecule has 3 aromatic heterocycles. The minimum atomic E-state index is -0.515. The van der Waals surface area contributed by atoms with E-state index in [0.29, 0.717) is 71.0 Å². The SMILES string of the molecule is Cc1nc(NC(=O)c2ccccc2NC(=O)CCCCCCNC(=O)CN2CCN(c3ccc(N=C4NC(c5cc(F)c6nc(C)n(C(C)C)c6c5)=C(F)CN4C)nc3)CC2)sc1C. The molecule has 338 valence electrons. The molecule has 2 aliphatic rings. The Bertz CT molecular complexity index is 2540. The van der Waals surface area contributed by atoms with Crippen molar-refractivity contribution < 1.29 is 23.2 Å². The van der Waals surface area contributed by atoms with Gasteiger partial charge in [0.2, 0.25) is 17.8 Å². The van der Waals surface area contributed by atoms with Gasteiger partial charge in [-0.2, -0.15) is 4.99 Å². The lowest BCUT2D eigenvalue weighted by molar-refractivity contribution is -0.122. The Morgan fingerprint density at radius 3 is 2.41 bits per heavy atom. The van der Waals surface area contributed by atoms with E-state index in [9.17, 15) is 14.4 Å². The minimum Gasteiger partial charge on any atom is -0.368 e. The zero-order valence-corrected chi connectivity index (χ0v) is 38.0. The summed E-state index contributed by atoms with van der Waals surface area (Å²) in [5.74, 6) is 0.0811. The number of halogens is 2. The third-order valence-corrected chi connectivity index (χ3v) is 12.4. The van der Waals surface area contributed by atoms with Crippen molar-refractivity contribution in [1.29, 1.82) is 0 Å². The van der Waals surface area contributed by atoms with Gasteiger partial charge in [-0.1, -0.05) is 25.0 Å². The molecule has 2 aliphatic heterocycles. The van der Waals surface area contributed by atoms with Gasteiger partial charge in [-0.3, -0.25) is 24.6 Å². The van der Waals surface area contributed by atoms with Gasteiger partial charge in [0.1, 0.15) is 17.2 Å². The number of imidazole rings is 1. The molecule has 0 spiro atoms. The largest absolute Gasteiger partial charge is 0.368 e. The number of nitrogens with zero attached hydrogens (tertiary/aromatic N) is 8. The van der Waals surface area contributed by atoms with Gasteiger partial charge in [0.05, 0.1) is 53.1 Å². The number of fused-ring (bicyclic) bond motifs is 1. The van der Waals surface area contributed by atoms with Crippen molar-refractivity contribution in [3.05, 3.63) is 93.9 Å². The lowest BCUT2D eigenvalue weighted by Gasteiger charge is -2.35. The highest BCUT2D eigenvalue weighted by Crippen LogP contribution is 2.30. The Hall–Kier alpha value is -6.27. The van der Waals surface area contributed by atoms with E-state index < -0.39 is 11.6 Å². The molecule has 7 rings (SSSR count). The number of aryl methyl sites for hydroxylation is 3. The molecule has 5 aromatic rings. The number of unbranched alkanes of at least 4 members (excludes halogenated alkanes) is 3. The first kappa shape index (κ1) is 45.7. The van der Waals surface area contributed by atoms with Crippen LogP contribution in [0.2, 0.25) is 0 Å². The first-order chi connectivity index (χ1) is 30.7. The molecule has 0 radical (unpaired) electrons. The Kier molecular flexibility index (Phi) is 14.6. The molecule has 0 saturated carbocycles. The summed E-state index contributed by atoms with van der Waals surface area (Å²) in [7, 11) is 1.73. The summed E-state index contributed by atoms with van der Waals surface area (Å²) in [5.41, 5.74) is 4.04. The van der Waals surface area contributed by atoms with Gasteiger partial charge >= 0.3 is 0 Å². The summed E-state index contributed by atoms with van der Waals surface area (Å²) in [4.78, 5) is 63.4. The van der Waals surface area contributed by atoms with E-state index in [1.165, 1.54) is 17.4 Å². The van der Waals surface area contributed by atoms with Crippen LogP contribution in [0.25, 0.3) is 16.7 Å². The molecule has 0 unspecified atom stereocenters. The summed E-state index contributed by atoms with van der Waals surface area (Å²) < 4.78 is 32.6. The lowest BCUT2D eigenvalue weighted by atomic mass is 10.1. The van der Waals surface area contributed by atoms with Crippen molar-refractivity contribution in [2.45, 2.75) is 72.8 Å². The summed E-state index contributed by atoms with van der Waals surface area (Å²) in [5, 5.41) is 12.3. The number of rotatable bonds is 16. The number of benzene rings is 2. The Labute approximate surface area is 376 Å². The van der Waals surface area contributed by atoms with Crippen LogP contribution in [-0.4, -0.2) is 106 Å². The quantitative estimate of drug-likeness (QED) is 0.0731. The number of hydrogen-bond donors (Lipinski definition) is 4. The van der Waals surface area contributed by atoms with Crippen LogP contribution in [0.5, 0.6) is 0 Å². The maximum Gasteiger partial charge on any atom is 0.259 e. The number of carbonyl (C=O) groups is 3. The van der Waals surface area contributed by atoms with Crippen LogP contribution in [-0.2, 0) is 9.59 Å². The number of guanidine groups is 1. The number of amides is 3. The maximum atomic E-state index is 15.4. The Morgan fingerprint density at radius 1 is 0.922 bits per heavy atom. The first-order valence-electron chi connectivity index (χ1n) is 21.7. The third kappa shape index (κ3) is 11.1. The highest BCUT2D eigenvalue weighted by atomic mass is 32.1. The van der Waals surface area contributed by atoms with E-state index in [2.05, 4.69) is 51.0 Å². The van der Waals surface area contributed by atoms with Gasteiger partial charge < -0.3 is 30.3 Å². The number of hydrogen-bond acceptors (Lipinski definition) is 10. The van der Waals surface area contributed by atoms with E-state index in [1.54, 1.807) is 48.5 Å². The normalized spacial score (nSPS) is 15.3. The average Bonchev–Trinajstić information content (AvgIpc) is 3.78. The second kappa shape index (κ2) is 20.5. The number of thiazole rings is 1. The highest BCUT2D eigenvalue weighted by molar-refractivity contribution is 7.15. The molecule has 1 saturated heterocycles. The van der Waals surface area contributed by atoms with Crippen LogP contribution >= 0.6 is 11.3 Å². The van der Waals surface area contributed by atoms with Crippen molar-refractivity contribution in [2.24, 2.45) is 4.99 Å². The number of para-hydroxylation sites is 1. The number of nitrogens with one attached hydrogen (secondary N) is 4. The number of carbonyl (C=O) groups excluding carboxylic acids is 3. The fourth-order valence-electron chi connectivity index (χ4n) is 7.89. The maximum absolute atomic E-state index is 15.4. The number of likely N-dealkylation sites (N-methyl/N-ethyl adjacent to an activating group) is 1. The molecule has 64 heavy (non-hydrogen) atoms. The van der Waals surface area contributed by atoms with Gasteiger partial charge in [-0.05, 0) is 83.9 Å². The van der Waals surface area contributed by atoms with E-state index in [4.69, 9.17) is 0 Å². The smallest absolute Gasteiger partial charge is 0.259 e. The number of pyridine rings is 1. The fourth-order valence-corrected chi connectivity index (χ4v) is 8.70. The lowest BCUT2D eigenvalue weighted by Crippen LogP contribution is -2.49. The summed E-state index contributed by atoms with van der Waals surface area (Å²) in [6.07, 6.45) is 5.34. The summed E-state index contributed by atoms with van der Waals surface area (Å²) in [6.45, 7) is 13.4. The van der Waals surface area contributed by atoms with Crippen LogP contribution in [0.15, 0.2) is 65.5 Å². The van der Waals surface area contributed by atoms with Crippen molar-refractivity contribution in [1.82, 2.24) is 40.0 Å². The van der Waals surface area contributed by atoms with E-state index in [1.807, 2.05) is 51.3 Å². The first-order valence-corrected chi connectivity index (χ1v) is 22.5. The predicted molar refractivity (Wildman–Crippen MR) is 249 cm³/mol. The number of piperazine rings is 1. The standard InChI is InChI=1S/C46H56F2N12O3S/c1-28(2)60-31(5)52-43-35(47)23-32(24-38(43)60)42-36(48)26-57(6)45(55-42)54-39-17-16-33(25-50-39)59-21-19-58(20-22-59)27-41(62)49-18-12-8-7-9-15-40(61)53-37-14-11-10-13-34(37)44(63)56-46-51-29(3)30(4)64-46/h10-11,13-14,16-17,23-25,28H,7-9,12,15,18-22,26-27H2,1-6H3,(H,49,62)(H,53,61)(H,50,54,55)(H,51,56,63). The Morgan fingerprint density at radius 2 is 1.69 bits per heavy atom. The molecule has 0 bridgehead atoms. The topological polar surface area (TPSA) is 165 Å². The highest BCUT2D eigenvalue weighted by Gasteiger charge is 2.26. The van der Waals surface area contributed by atoms with Crippen LogP contribution < -0.4 is 26.2 Å². The van der Waals surface area contributed by atoms with Gasteiger partial charge in [-0.25, -0.2) is 23.7 Å². The van der Waals surface area contributed by atoms with Gasteiger partial charge in [0.15, 0.2) is 16.8 Å². The molecular formula is C46H56F2N12O3S. The van der Waals surface area contributed by atoms with Crippen LogP contribution in [0.3, 0.4) is 0 Å². The van der Waals surface area contributed by atoms with Gasteiger partial charge in [-0.15, -0.1) is 11.3 Å². The molecule has 3 amide bonds. The molecule has 5 heterocycles. The van der Waals surface area contributed by atoms with Crippen molar-refractivity contribution in [3.63, 3.8) is 0 Å². The molecule has 18 heteroatoms. The zero-order chi connectivity index (χ0) is 45.5. The minimum absolute atomic E-state index is 0.0112. The Balaban J connectivity index is 0.799. The van der Waals surface area contributed by atoms with Crippen molar-refractivity contribution in [3.8, 4) is 0 Å². The van der Waals surface area contributed by atoms with E-state index >= 15 is 8.78 Å². The average molecular weight is 895 g/mol. The number of aromatic nitrogens is 4. The molecule has 4 N–H and O–H groups in total. The van der Waals surface area contributed by atoms with E-state index in [-0.39, 0.29) is 41.5 Å². The van der Waals surface area contributed by atoms with Crippen LogP contribution in [0.1, 0.15) is 84.3 Å². The summed E-state index contributed by atoms with van der Waals surface area (Å²) >= 11 is 1.41. The monoisotopic (exact) mass is 894 g/mol. The number of anilines is 3. The molecule has 2 aromatic carbocycles. The van der Waals surface area contributed by atoms with Gasteiger partial charge in [0.25, 0.3) is 5.91 Å². The molecule has 0 aliphatic carbocycles. The molecular weight excluding hydrogens is 839 g/mol. The molecule has 0 atom stereocenters. The third-order valence-electron chi connectivity index (χ3n) is 11.4. The molecule has 1 fully saturated rings. The molecule has 15 nitrogen and oxygen atoms in total. The van der Waals surface area contributed by atoms with Gasteiger partial charge in [0, 0.05) is 62.7 Å². The van der Waals surface area contributed by atoms with Crippen molar-refractivity contribution in [2.75, 3.05) is 68.4 Å². The predicted octanol–water partition coefficient (Wildman–Crippen LogP) is 7.47. The second-order valence-corrected chi connectivity index (χ2v) is 17.7. The van der Waals surface area contributed by atoms with Crippen LogP contribution in [0.4, 0.5) is 31.1 Å². The van der Waals surface area contributed by atoms with E-state index in [0.717, 1.165) is 61.7 Å². The second-order valence-electron chi connectivity index (χ2n) is 16.5. The van der Waals surface area contributed by atoms with Crippen LogP contribution in [0, 0.1) is 26.6 Å².